The van der Waals surface area contributed by atoms with Crippen LogP contribution in [0.2, 0.25) is 0 Å². The molecule has 0 bridgehead atoms. The lowest BCUT2D eigenvalue weighted by atomic mass is 9.99. The second-order valence-corrected chi connectivity index (χ2v) is 7.06. The third-order valence-corrected chi connectivity index (χ3v) is 4.51. The Morgan fingerprint density at radius 1 is 1.04 bits per heavy atom. The van der Waals surface area contributed by atoms with Crippen molar-refractivity contribution in [3.63, 3.8) is 0 Å². The first-order valence-corrected chi connectivity index (χ1v) is 8.80. The van der Waals surface area contributed by atoms with E-state index < -0.39 is 0 Å². The summed E-state index contributed by atoms with van der Waals surface area (Å²) in [7, 11) is 1.67. The summed E-state index contributed by atoms with van der Waals surface area (Å²) in [6, 6.07) is 16.4. The number of anilines is 1. The molecule has 0 heterocycles. The molecule has 0 aliphatic heterocycles. The molecular weight excluding hydrogens is 304 g/mol. The second-order valence-electron chi connectivity index (χ2n) is 6.26. The van der Waals surface area contributed by atoms with E-state index in [1.165, 1.54) is 5.56 Å². The fourth-order valence-corrected chi connectivity index (χ4v) is 2.99. The molecule has 0 unspecified atom stereocenters. The summed E-state index contributed by atoms with van der Waals surface area (Å²) < 4.78 is 5.45. The van der Waals surface area contributed by atoms with Crippen molar-refractivity contribution >= 4 is 22.5 Å². The van der Waals surface area contributed by atoms with Gasteiger partial charge in [-0.2, -0.15) is 5.10 Å². The smallest absolute Gasteiger partial charge is 0.143 e. The fraction of sp³-hybridized carbons (Fsp3) is 0.316. The Bertz CT molecular complexity index is 676. The van der Waals surface area contributed by atoms with Crippen molar-refractivity contribution in [1.82, 2.24) is 0 Å². The average molecular weight is 328 g/mol. The molecule has 2 rings (SSSR count). The van der Waals surface area contributed by atoms with E-state index >= 15 is 0 Å². The maximum absolute atomic E-state index is 5.45. The van der Waals surface area contributed by atoms with Crippen LogP contribution in [0.1, 0.15) is 20.8 Å². The van der Waals surface area contributed by atoms with Gasteiger partial charge in [-0.3, -0.25) is 5.43 Å². The van der Waals surface area contributed by atoms with Gasteiger partial charge in [-0.05, 0) is 29.5 Å². The van der Waals surface area contributed by atoms with E-state index in [-0.39, 0.29) is 5.41 Å². The van der Waals surface area contributed by atoms with Gasteiger partial charge in [-0.1, -0.05) is 57.2 Å². The highest BCUT2D eigenvalue weighted by atomic mass is 32.2. The highest BCUT2D eigenvalue weighted by molar-refractivity contribution is 8.13. The maximum Gasteiger partial charge on any atom is 0.143 e. The summed E-state index contributed by atoms with van der Waals surface area (Å²) in [4.78, 5) is 0. The van der Waals surface area contributed by atoms with Crippen LogP contribution in [0.25, 0.3) is 11.1 Å². The molecule has 0 spiro atoms. The van der Waals surface area contributed by atoms with Crippen LogP contribution >= 0.6 is 11.8 Å². The average Bonchev–Trinajstić information content (AvgIpc) is 2.55. The van der Waals surface area contributed by atoms with E-state index in [9.17, 15) is 0 Å². The minimum atomic E-state index is 0.0106. The number of hydrazone groups is 1. The number of rotatable bonds is 4. The third kappa shape index (κ3) is 4.52. The summed E-state index contributed by atoms with van der Waals surface area (Å²) in [5, 5.41) is 5.62. The molecule has 0 aromatic heterocycles. The molecule has 0 amide bonds. The molecular formula is C19H24N2OS. The quantitative estimate of drug-likeness (QED) is 0.457. The standard InChI is InChI=1S/C19H24N2OS/c1-19(2,3)18(23-5)21-20-16-13-15(11-12-17(16)22-4)14-9-7-6-8-10-14/h6-13,20H,1-5H3/b21-18+. The number of methoxy groups -OCH3 is 1. The number of hydrogen-bond acceptors (Lipinski definition) is 4. The molecule has 0 saturated heterocycles. The van der Waals surface area contributed by atoms with Gasteiger partial charge in [0.2, 0.25) is 0 Å². The molecule has 2 aromatic rings. The van der Waals surface area contributed by atoms with Crippen LogP contribution in [0, 0.1) is 5.41 Å². The summed E-state index contributed by atoms with van der Waals surface area (Å²) >= 11 is 1.66. The molecule has 23 heavy (non-hydrogen) atoms. The molecule has 2 aromatic carbocycles. The first-order valence-electron chi connectivity index (χ1n) is 7.57. The molecule has 1 N–H and O–H groups in total. The zero-order valence-electron chi connectivity index (χ0n) is 14.4. The highest BCUT2D eigenvalue weighted by Crippen LogP contribution is 2.31. The summed E-state index contributed by atoms with van der Waals surface area (Å²) in [5.74, 6) is 0.780. The number of benzene rings is 2. The van der Waals surface area contributed by atoms with Crippen molar-refractivity contribution in [3.05, 3.63) is 48.5 Å². The topological polar surface area (TPSA) is 33.6 Å². The summed E-state index contributed by atoms with van der Waals surface area (Å²) in [6.45, 7) is 6.46. The second kappa shape index (κ2) is 7.55. The molecule has 0 saturated carbocycles. The summed E-state index contributed by atoms with van der Waals surface area (Å²) in [6.07, 6.45) is 2.05. The Kier molecular flexibility index (Phi) is 5.72. The number of thioether (sulfide) groups is 1. The molecule has 0 radical (unpaired) electrons. The molecule has 0 atom stereocenters. The van der Waals surface area contributed by atoms with Crippen LogP contribution in [0.15, 0.2) is 53.6 Å². The van der Waals surface area contributed by atoms with E-state index in [0.29, 0.717) is 0 Å². The molecule has 0 aliphatic rings. The van der Waals surface area contributed by atoms with Gasteiger partial charge >= 0.3 is 0 Å². The van der Waals surface area contributed by atoms with Crippen molar-refractivity contribution in [2.45, 2.75) is 20.8 Å². The van der Waals surface area contributed by atoms with E-state index in [1.54, 1.807) is 18.9 Å². The van der Waals surface area contributed by atoms with Gasteiger partial charge < -0.3 is 4.74 Å². The minimum absolute atomic E-state index is 0.0106. The number of hydrogen-bond donors (Lipinski definition) is 1. The van der Waals surface area contributed by atoms with E-state index in [2.05, 4.69) is 55.6 Å². The first-order chi connectivity index (χ1) is 11.0. The van der Waals surface area contributed by atoms with Crippen molar-refractivity contribution in [1.29, 1.82) is 0 Å². The van der Waals surface area contributed by atoms with Crippen molar-refractivity contribution in [2.75, 3.05) is 18.8 Å². The molecule has 3 nitrogen and oxygen atoms in total. The molecule has 122 valence electrons. The lowest BCUT2D eigenvalue weighted by Crippen LogP contribution is -2.18. The summed E-state index contributed by atoms with van der Waals surface area (Å²) in [5.41, 5.74) is 6.35. The Morgan fingerprint density at radius 3 is 2.30 bits per heavy atom. The number of nitrogens with one attached hydrogen (secondary N) is 1. The number of nitrogens with zero attached hydrogens (tertiary/aromatic N) is 1. The Morgan fingerprint density at radius 2 is 1.74 bits per heavy atom. The monoisotopic (exact) mass is 328 g/mol. The lowest BCUT2D eigenvalue weighted by molar-refractivity contribution is 0.416. The van der Waals surface area contributed by atoms with Gasteiger partial charge in [0.05, 0.1) is 17.8 Å². The van der Waals surface area contributed by atoms with Crippen molar-refractivity contribution < 1.29 is 4.74 Å². The van der Waals surface area contributed by atoms with Gasteiger partial charge in [-0.25, -0.2) is 0 Å². The van der Waals surface area contributed by atoms with E-state index in [4.69, 9.17) is 4.74 Å². The van der Waals surface area contributed by atoms with Crippen molar-refractivity contribution in [3.8, 4) is 16.9 Å². The van der Waals surface area contributed by atoms with Gasteiger partial charge in [-0.15, -0.1) is 11.8 Å². The minimum Gasteiger partial charge on any atom is -0.495 e. The van der Waals surface area contributed by atoms with Crippen LogP contribution in [0.3, 0.4) is 0 Å². The van der Waals surface area contributed by atoms with Crippen LogP contribution in [-0.2, 0) is 0 Å². The third-order valence-electron chi connectivity index (χ3n) is 3.42. The van der Waals surface area contributed by atoms with Gasteiger partial charge in [0.25, 0.3) is 0 Å². The van der Waals surface area contributed by atoms with Crippen LogP contribution in [0.5, 0.6) is 5.75 Å². The van der Waals surface area contributed by atoms with Gasteiger partial charge in [0.1, 0.15) is 5.75 Å². The van der Waals surface area contributed by atoms with Gasteiger partial charge in [0.15, 0.2) is 0 Å². The van der Waals surface area contributed by atoms with Crippen LogP contribution in [-0.4, -0.2) is 18.4 Å². The first kappa shape index (κ1) is 17.4. The molecule has 4 heteroatoms. The van der Waals surface area contributed by atoms with Crippen LogP contribution in [0.4, 0.5) is 5.69 Å². The highest BCUT2D eigenvalue weighted by Gasteiger charge is 2.18. The molecule has 0 fully saturated rings. The lowest BCUT2D eigenvalue weighted by Gasteiger charge is -2.20. The van der Waals surface area contributed by atoms with Crippen molar-refractivity contribution in [2.24, 2.45) is 10.5 Å². The Labute approximate surface area is 143 Å². The zero-order chi connectivity index (χ0) is 16.9. The normalized spacial score (nSPS) is 12.1. The van der Waals surface area contributed by atoms with Crippen LogP contribution < -0.4 is 10.2 Å². The van der Waals surface area contributed by atoms with E-state index in [0.717, 1.165) is 22.0 Å². The zero-order valence-corrected chi connectivity index (χ0v) is 15.2. The van der Waals surface area contributed by atoms with Gasteiger partial charge in [0, 0.05) is 5.41 Å². The number of ether oxygens (including phenoxy) is 1. The van der Waals surface area contributed by atoms with E-state index in [1.807, 2.05) is 30.5 Å². The maximum atomic E-state index is 5.45. The Balaban J connectivity index is 2.35. The predicted molar refractivity (Wildman–Crippen MR) is 102 cm³/mol. The SMILES string of the molecule is COc1ccc(-c2ccccc2)cc1N/N=C(/SC)C(C)(C)C. The molecule has 0 aliphatic carbocycles. The Hall–Kier alpha value is -1.94. The largest absolute Gasteiger partial charge is 0.495 e. The fourth-order valence-electron chi connectivity index (χ4n) is 2.24. The predicted octanol–water partition coefficient (Wildman–Crippen LogP) is 5.50.